The Labute approximate surface area is 102 Å². The average molecular weight is 223 g/mol. The lowest BCUT2D eigenvalue weighted by Gasteiger charge is -2.44. The van der Waals surface area contributed by atoms with Crippen molar-refractivity contribution in [3.63, 3.8) is 0 Å². The van der Waals surface area contributed by atoms with E-state index in [0.717, 1.165) is 30.0 Å². The molecule has 0 aromatic carbocycles. The van der Waals surface area contributed by atoms with Gasteiger partial charge in [0.25, 0.3) is 0 Å². The fraction of sp³-hybridized carbons (Fsp3) is 1.00. The van der Waals surface area contributed by atoms with Gasteiger partial charge in [0, 0.05) is 18.1 Å². The van der Waals surface area contributed by atoms with Gasteiger partial charge in [-0.05, 0) is 50.4 Å². The van der Waals surface area contributed by atoms with Gasteiger partial charge in [0.05, 0.1) is 0 Å². The standard InChI is InChI=1S/C15H29N/c1-5-13(6-2)16-14-7-8-15(16)10-12(9-14)11(3)4/h11-15H,5-10H2,1-4H3. The lowest BCUT2D eigenvalue weighted by Crippen LogP contribution is -2.49. The first-order valence-electron chi connectivity index (χ1n) is 7.44. The van der Waals surface area contributed by atoms with Gasteiger partial charge >= 0.3 is 0 Å². The van der Waals surface area contributed by atoms with E-state index in [0.29, 0.717) is 0 Å². The molecular formula is C15H29N. The third-order valence-corrected chi connectivity index (χ3v) is 5.13. The van der Waals surface area contributed by atoms with Crippen LogP contribution in [0.4, 0.5) is 0 Å². The summed E-state index contributed by atoms with van der Waals surface area (Å²) < 4.78 is 0. The summed E-state index contributed by atoms with van der Waals surface area (Å²) in [6, 6.07) is 2.72. The number of hydrogen-bond acceptors (Lipinski definition) is 1. The molecule has 0 spiro atoms. The molecule has 0 aromatic rings. The summed E-state index contributed by atoms with van der Waals surface area (Å²) in [4.78, 5) is 2.90. The van der Waals surface area contributed by atoms with Gasteiger partial charge in [-0.2, -0.15) is 0 Å². The highest BCUT2D eigenvalue weighted by Crippen LogP contribution is 2.43. The Morgan fingerprint density at radius 2 is 1.50 bits per heavy atom. The monoisotopic (exact) mass is 223 g/mol. The third kappa shape index (κ3) is 2.16. The fourth-order valence-corrected chi connectivity index (χ4v) is 4.11. The summed E-state index contributed by atoms with van der Waals surface area (Å²) in [5, 5.41) is 0. The van der Waals surface area contributed by atoms with Gasteiger partial charge in [-0.3, -0.25) is 4.90 Å². The van der Waals surface area contributed by atoms with Crippen molar-refractivity contribution < 1.29 is 0 Å². The molecule has 2 atom stereocenters. The topological polar surface area (TPSA) is 3.24 Å². The summed E-state index contributed by atoms with van der Waals surface area (Å²) >= 11 is 0. The molecular weight excluding hydrogens is 194 g/mol. The van der Waals surface area contributed by atoms with Crippen molar-refractivity contribution in [1.82, 2.24) is 4.90 Å². The van der Waals surface area contributed by atoms with Crippen LogP contribution in [0.15, 0.2) is 0 Å². The molecule has 2 rings (SSSR count). The van der Waals surface area contributed by atoms with Gasteiger partial charge in [-0.25, -0.2) is 0 Å². The SMILES string of the molecule is CCC(CC)N1C2CCC1CC(C(C)C)C2. The minimum Gasteiger partial charge on any atom is -0.294 e. The summed E-state index contributed by atoms with van der Waals surface area (Å²) in [7, 11) is 0. The maximum atomic E-state index is 2.90. The Bertz CT molecular complexity index is 205. The Kier molecular flexibility index (Phi) is 3.94. The van der Waals surface area contributed by atoms with Gasteiger partial charge in [0.1, 0.15) is 0 Å². The lowest BCUT2D eigenvalue weighted by atomic mass is 9.81. The zero-order valence-corrected chi connectivity index (χ0v) is 11.6. The van der Waals surface area contributed by atoms with Crippen LogP contribution in [0.5, 0.6) is 0 Å². The van der Waals surface area contributed by atoms with Crippen LogP contribution in [-0.2, 0) is 0 Å². The summed E-state index contributed by atoms with van der Waals surface area (Å²) in [6.07, 6.45) is 8.59. The molecule has 0 aliphatic carbocycles. The molecule has 94 valence electrons. The van der Waals surface area contributed by atoms with Gasteiger partial charge < -0.3 is 0 Å². The molecule has 0 N–H and O–H groups in total. The number of piperidine rings is 1. The Morgan fingerprint density at radius 1 is 1.00 bits per heavy atom. The molecule has 2 aliphatic rings. The Hall–Kier alpha value is -0.0400. The quantitative estimate of drug-likeness (QED) is 0.694. The second kappa shape index (κ2) is 5.08. The largest absolute Gasteiger partial charge is 0.294 e. The molecule has 16 heavy (non-hydrogen) atoms. The second-order valence-corrected chi connectivity index (χ2v) is 6.28. The predicted molar refractivity (Wildman–Crippen MR) is 70.6 cm³/mol. The summed E-state index contributed by atoms with van der Waals surface area (Å²) in [5.74, 6) is 1.90. The van der Waals surface area contributed by atoms with Crippen LogP contribution in [0, 0.1) is 11.8 Å². The maximum absolute atomic E-state index is 2.90. The number of fused-ring (bicyclic) bond motifs is 2. The van der Waals surface area contributed by atoms with Gasteiger partial charge in [-0.15, -0.1) is 0 Å². The highest BCUT2D eigenvalue weighted by atomic mass is 15.2. The molecule has 2 bridgehead atoms. The number of hydrogen-bond donors (Lipinski definition) is 0. The van der Waals surface area contributed by atoms with Gasteiger partial charge in [0.15, 0.2) is 0 Å². The smallest absolute Gasteiger partial charge is 0.0104 e. The molecule has 2 heterocycles. The minimum absolute atomic E-state index is 0.866. The minimum atomic E-state index is 0.866. The maximum Gasteiger partial charge on any atom is 0.0104 e. The molecule has 0 saturated carbocycles. The highest BCUT2D eigenvalue weighted by Gasteiger charge is 2.43. The molecule has 1 heteroatoms. The van der Waals surface area contributed by atoms with Crippen LogP contribution in [0.1, 0.15) is 66.2 Å². The van der Waals surface area contributed by atoms with Crippen LogP contribution in [0.3, 0.4) is 0 Å². The second-order valence-electron chi connectivity index (χ2n) is 6.28. The molecule has 2 unspecified atom stereocenters. The van der Waals surface area contributed by atoms with Crippen LogP contribution >= 0.6 is 0 Å². The van der Waals surface area contributed by atoms with E-state index in [9.17, 15) is 0 Å². The fourth-order valence-electron chi connectivity index (χ4n) is 4.11. The zero-order valence-electron chi connectivity index (χ0n) is 11.6. The first kappa shape index (κ1) is 12.4. The van der Waals surface area contributed by atoms with E-state index in [1.165, 1.54) is 38.5 Å². The predicted octanol–water partition coefficient (Wildman–Crippen LogP) is 4.07. The van der Waals surface area contributed by atoms with Crippen molar-refractivity contribution in [2.45, 2.75) is 84.3 Å². The van der Waals surface area contributed by atoms with Crippen LogP contribution in [0.2, 0.25) is 0 Å². The molecule has 0 amide bonds. The first-order chi connectivity index (χ1) is 7.67. The van der Waals surface area contributed by atoms with E-state index >= 15 is 0 Å². The first-order valence-corrected chi connectivity index (χ1v) is 7.44. The van der Waals surface area contributed by atoms with Crippen molar-refractivity contribution >= 4 is 0 Å². The third-order valence-electron chi connectivity index (χ3n) is 5.13. The van der Waals surface area contributed by atoms with Crippen LogP contribution < -0.4 is 0 Å². The van der Waals surface area contributed by atoms with Crippen molar-refractivity contribution in [1.29, 1.82) is 0 Å². The van der Waals surface area contributed by atoms with Crippen molar-refractivity contribution in [3.05, 3.63) is 0 Å². The van der Waals surface area contributed by atoms with E-state index in [2.05, 4.69) is 32.6 Å². The van der Waals surface area contributed by atoms with Gasteiger partial charge in [0.2, 0.25) is 0 Å². The Morgan fingerprint density at radius 3 is 1.88 bits per heavy atom. The van der Waals surface area contributed by atoms with E-state index in [1.807, 2.05) is 0 Å². The van der Waals surface area contributed by atoms with Crippen molar-refractivity contribution in [2.24, 2.45) is 11.8 Å². The van der Waals surface area contributed by atoms with E-state index < -0.39 is 0 Å². The molecule has 2 aliphatic heterocycles. The molecule has 0 radical (unpaired) electrons. The summed E-state index contributed by atoms with van der Waals surface area (Å²) in [5.41, 5.74) is 0. The van der Waals surface area contributed by atoms with E-state index in [-0.39, 0.29) is 0 Å². The average Bonchev–Trinajstić information content (AvgIpc) is 2.53. The molecule has 0 aromatic heterocycles. The molecule has 2 fully saturated rings. The van der Waals surface area contributed by atoms with Crippen molar-refractivity contribution in [2.75, 3.05) is 0 Å². The normalized spacial score (nSPS) is 35.2. The molecule has 1 nitrogen and oxygen atoms in total. The van der Waals surface area contributed by atoms with E-state index in [1.54, 1.807) is 0 Å². The van der Waals surface area contributed by atoms with Crippen LogP contribution in [-0.4, -0.2) is 23.0 Å². The highest BCUT2D eigenvalue weighted by molar-refractivity contribution is 4.98. The lowest BCUT2D eigenvalue weighted by molar-refractivity contribution is 0.0426. The summed E-state index contributed by atoms with van der Waals surface area (Å²) in [6.45, 7) is 9.55. The van der Waals surface area contributed by atoms with Gasteiger partial charge in [-0.1, -0.05) is 27.7 Å². The van der Waals surface area contributed by atoms with E-state index in [4.69, 9.17) is 0 Å². The van der Waals surface area contributed by atoms with Crippen LogP contribution in [0.25, 0.3) is 0 Å². The number of rotatable bonds is 4. The molecule has 2 saturated heterocycles. The van der Waals surface area contributed by atoms with Crippen molar-refractivity contribution in [3.8, 4) is 0 Å². The number of nitrogens with zero attached hydrogens (tertiary/aromatic N) is 1. The zero-order chi connectivity index (χ0) is 11.7. The Balaban J connectivity index is 2.04.